The Bertz CT molecular complexity index is 730. The van der Waals surface area contributed by atoms with Gasteiger partial charge in [0.2, 0.25) is 0 Å². The molecule has 0 unspecified atom stereocenters. The third kappa shape index (κ3) is 4.96. The molecule has 132 valence electrons. The van der Waals surface area contributed by atoms with E-state index in [-0.39, 0.29) is 11.2 Å². The summed E-state index contributed by atoms with van der Waals surface area (Å²) in [7, 11) is 0. The quantitative estimate of drug-likeness (QED) is 0.539. The number of allylic oxidation sites excluding steroid dienone is 1. The second kappa shape index (κ2) is 8.52. The van der Waals surface area contributed by atoms with Gasteiger partial charge in [-0.15, -0.1) is 0 Å². The molecule has 25 heavy (non-hydrogen) atoms. The minimum absolute atomic E-state index is 0.176. The molecule has 0 heterocycles. The number of rotatable bonds is 8. The van der Waals surface area contributed by atoms with Crippen molar-refractivity contribution in [1.29, 1.82) is 0 Å². The van der Waals surface area contributed by atoms with Crippen LogP contribution in [0.25, 0.3) is 0 Å². The first-order valence-electron chi connectivity index (χ1n) is 8.60. The molecule has 3 heteroatoms. The summed E-state index contributed by atoms with van der Waals surface area (Å²) in [5, 5.41) is 9.26. The third-order valence-corrected chi connectivity index (χ3v) is 4.34. The van der Waals surface area contributed by atoms with E-state index in [4.69, 9.17) is 9.73 Å². The zero-order valence-corrected chi connectivity index (χ0v) is 15.3. The Morgan fingerprint density at radius 1 is 1.16 bits per heavy atom. The second-order valence-electron chi connectivity index (χ2n) is 6.61. The number of hydrogen-bond donors (Lipinski definition) is 1. The molecule has 0 bridgehead atoms. The zero-order valence-electron chi connectivity index (χ0n) is 15.3. The predicted molar refractivity (Wildman–Crippen MR) is 105 cm³/mol. The van der Waals surface area contributed by atoms with E-state index in [1.807, 2.05) is 6.08 Å². The maximum atomic E-state index is 9.26. The smallest absolute Gasteiger partial charge is 0.119 e. The van der Waals surface area contributed by atoms with Crippen molar-refractivity contribution < 1.29 is 9.84 Å². The van der Waals surface area contributed by atoms with Crippen molar-refractivity contribution in [3.05, 3.63) is 72.3 Å². The average molecular weight is 337 g/mol. The van der Waals surface area contributed by atoms with Crippen LogP contribution in [0.3, 0.4) is 0 Å². The van der Waals surface area contributed by atoms with Crippen LogP contribution in [0.1, 0.15) is 31.4 Å². The van der Waals surface area contributed by atoms with Gasteiger partial charge in [-0.25, -0.2) is 0 Å². The largest absolute Gasteiger partial charge is 0.508 e. The van der Waals surface area contributed by atoms with Crippen LogP contribution in [-0.4, -0.2) is 24.0 Å². The lowest BCUT2D eigenvalue weighted by atomic mass is 9.78. The number of nitrogens with zero attached hydrogens (tertiary/aromatic N) is 1. The van der Waals surface area contributed by atoms with E-state index >= 15 is 0 Å². The highest BCUT2D eigenvalue weighted by Gasteiger charge is 2.26. The fourth-order valence-electron chi connectivity index (χ4n) is 2.93. The fourth-order valence-corrected chi connectivity index (χ4v) is 2.93. The lowest BCUT2D eigenvalue weighted by Crippen LogP contribution is -2.29. The number of aryl methyl sites for hydroxylation is 1. The monoisotopic (exact) mass is 337 g/mol. The van der Waals surface area contributed by atoms with E-state index in [1.165, 1.54) is 11.1 Å². The standard InChI is InChI=1S/C22H27NO2/c1-5-21(22(3,4)20-10-7-6-9-17(20)2)23-15-8-16-25-19-13-11-18(24)12-14-19/h5-7,9-14,24H,1,8,15-16H2,2-4H3. The van der Waals surface area contributed by atoms with Crippen LogP contribution < -0.4 is 4.74 Å². The molecule has 2 rings (SSSR count). The molecule has 0 radical (unpaired) electrons. The first-order valence-corrected chi connectivity index (χ1v) is 8.60. The molecule has 0 aliphatic heterocycles. The maximum Gasteiger partial charge on any atom is 0.119 e. The Hall–Kier alpha value is -2.55. The number of benzene rings is 2. The Morgan fingerprint density at radius 3 is 2.48 bits per heavy atom. The first-order chi connectivity index (χ1) is 11.9. The predicted octanol–water partition coefficient (Wildman–Crippen LogP) is 5.07. The Kier molecular flexibility index (Phi) is 6.40. The van der Waals surface area contributed by atoms with Crippen molar-refractivity contribution in [2.45, 2.75) is 32.6 Å². The zero-order chi connectivity index (χ0) is 18.3. The third-order valence-electron chi connectivity index (χ3n) is 4.34. The highest BCUT2D eigenvalue weighted by Crippen LogP contribution is 2.28. The van der Waals surface area contributed by atoms with E-state index in [0.717, 1.165) is 17.9 Å². The average Bonchev–Trinajstić information content (AvgIpc) is 2.59. The van der Waals surface area contributed by atoms with Gasteiger partial charge in [-0.2, -0.15) is 0 Å². The minimum Gasteiger partial charge on any atom is -0.508 e. The van der Waals surface area contributed by atoms with E-state index < -0.39 is 0 Å². The summed E-state index contributed by atoms with van der Waals surface area (Å²) in [5.41, 5.74) is 3.35. The second-order valence-corrected chi connectivity index (χ2v) is 6.61. The molecular formula is C22H27NO2. The van der Waals surface area contributed by atoms with Gasteiger partial charge >= 0.3 is 0 Å². The highest BCUT2D eigenvalue weighted by molar-refractivity contribution is 6.02. The van der Waals surface area contributed by atoms with Crippen LogP contribution >= 0.6 is 0 Å². The van der Waals surface area contributed by atoms with Gasteiger partial charge in [-0.1, -0.05) is 44.7 Å². The summed E-state index contributed by atoms with van der Waals surface area (Å²) in [6.07, 6.45) is 2.68. The van der Waals surface area contributed by atoms with Crippen molar-refractivity contribution in [3.63, 3.8) is 0 Å². The van der Waals surface area contributed by atoms with Crippen LogP contribution in [-0.2, 0) is 5.41 Å². The van der Waals surface area contributed by atoms with Gasteiger partial charge in [0.1, 0.15) is 11.5 Å². The van der Waals surface area contributed by atoms with Gasteiger partial charge in [0.25, 0.3) is 0 Å². The van der Waals surface area contributed by atoms with E-state index in [9.17, 15) is 5.11 Å². The molecule has 0 saturated carbocycles. The molecule has 0 amide bonds. The van der Waals surface area contributed by atoms with Crippen LogP contribution in [0.4, 0.5) is 0 Å². The Balaban J connectivity index is 1.94. The normalized spacial score (nSPS) is 12.0. The molecule has 2 aromatic rings. The van der Waals surface area contributed by atoms with Crippen molar-refractivity contribution >= 4 is 5.71 Å². The molecule has 2 aromatic carbocycles. The number of aliphatic imine (C=N–C) groups is 1. The van der Waals surface area contributed by atoms with Gasteiger partial charge in [0, 0.05) is 24.1 Å². The van der Waals surface area contributed by atoms with E-state index in [1.54, 1.807) is 24.3 Å². The first kappa shape index (κ1) is 18.8. The summed E-state index contributed by atoms with van der Waals surface area (Å²) in [4.78, 5) is 4.76. The molecule has 0 aromatic heterocycles. The van der Waals surface area contributed by atoms with Crippen LogP contribution in [0.5, 0.6) is 11.5 Å². The molecule has 0 saturated heterocycles. The van der Waals surface area contributed by atoms with Crippen molar-refractivity contribution in [3.8, 4) is 11.5 Å². The summed E-state index contributed by atoms with van der Waals surface area (Å²) in [5.74, 6) is 0.997. The van der Waals surface area contributed by atoms with Crippen LogP contribution in [0, 0.1) is 6.92 Å². The van der Waals surface area contributed by atoms with Crippen molar-refractivity contribution in [1.82, 2.24) is 0 Å². The molecule has 0 atom stereocenters. The van der Waals surface area contributed by atoms with E-state index in [2.05, 4.69) is 51.6 Å². The lowest BCUT2D eigenvalue weighted by Gasteiger charge is -2.27. The number of hydrogen-bond acceptors (Lipinski definition) is 3. The van der Waals surface area contributed by atoms with Gasteiger partial charge in [0.15, 0.2) is 0 Å². The van der Waals surface area contributed by atoms with Crippen LogP contribution in [0.15, 0.2) is 66.2 Å². The van der Waals surface area contributed by atoms with Crippen molar-refractivity contribution in [2.75, 3.05) is 13.2 Å². The summed E-state index contributed by atoms with van der Waals surface area (Å²) in [6, 6.07) is 15.2. The molecule has 0 aliphatic rings. The molecular weight excluding hydrogens is 310 g/mol. The van der Waals surface area contributed by atoms with Crippen molar-refractivity contribution in [2.24, 2.45) is 4.99 Å². The number of ether oxygens (including phenoxy) is 1. The number of aromatic hydroxyl groups is 1. The van der Waals surface area contributed by atoms with Gasteiger partial charge in [-0.05, 0) is 48.4 Å². The Morgan fingerprint density at radius 2 is 1.84 bits per heavy atom. The van der Waals surface area contributed by atoms with Gasteiger partial charge in [-0.3, -0.25) is 4.99 Å². The summed E-state index contributed by atoms with van der Waals surface area (Å²) >= 11 is 0. The van der Waals surface area contributed by atoms with Crippen LogP contribution in [0.2, 0.25) is 0 Å². The molecule has 0 spiro atoms. The summed E-state index contributed by atoms with van der Waals surface area (Å²) in [6.45, 7) is 11.7. The molecule has 3 nitrogen and oxygen atoms in total. The fraction of sp³-hybridized carbons (Fsp3) is 0.318. The van der Waals surface area contributed by atoms with Gasteiger partial charge < -0.3 is 9.84 Å². The molecule has 0 aliphatic carbocycles. The number of phenolic OH excluding ortho intramolecular Hbond substituents is 1. The highest BCUT2D eigenvalue weighted by atomic mass is 16.5. The molecule has 1 N–H and O–H groups in total. The SMILES string of the molecule is C=CC(=NCCCOc1ccc(O)cc1)C(C)(C)c1ccccc1C. The maximum absolute atomic E-state index is 9.26. The minimum atomic E-state index is -0.176. The number of phenols is 1. The van der Waals surface area contributed by atoms with Gasteiger partial charge in [0.05, 0.1) is 6.61 Å². The lowest BCUT2D eigenvalue weighted by molar-refractivity contribution is 0.313. The topological polar surface area (TPSA) is 41.8 Å². The van der Waals surface area contributed by atoms with E-state index in [0.29, 0.717) is 13.2 Å². The summed E-state index contributed by atoms with van der Waals surface area (Å²) < 4.78 is 5.66. The molecule has 0 fully saturated rings. The Labute approximate surface area is 150 Å².